The molecular formula is C10H12ClNO. The lowest BCUT2D eigenvalue weighted by molar-refractivity contribution is 0.0976. The van der Waals surface area contributed by atoms with Crippen LogP contribution in [0.25, 0.3) is 0 Å². The topological polar surface area (TPSA) is 43.1 Å². The van der Waals surface area contributed by atoms with E-state index in [0.29, 0.717) is 17.0 Å². The van der Waals surface area contributed by atoms with E-state index in [2.05, 4.69) is 0 Å². The molecule has 0 aromatic heterocycles. The molecule has 13 heavy (non-hydrogen) atoms. The lowest BCUT2D eigenvalue weighted by Gasteiger charge is -2.03. The van der Waals surface area contributed by atoms with E-state index in [-0.39, 0.29) is 11.8 Å². The normalized spacial score (nSPS) is 12.5. The van der Waals surface area contributed by atoms with E-state index >= 15 is 0 Å². The molecule has 0 aliphatic carbocycles. The Labute approximate surface area is 82.7 Å². The quantitative estimate of drug-likeness (QED) is 0.756. The predicted octanol–water partition coefficient (Wildman–Crippen LogP) is 2.26. The summed E-state index contributed by atoms with van der Waals surface area (Å²) < 4.78 is 0. The van der Waals surface area contributed by atoms with Crippen molar-refractivity contribution in [3.05, 3.63) is 34.9 Å². The van der Waals surface area contributed by atoms with E-state index in [1.54, 1.807) is 24.3 Å². The van der Waals surface area contributed by atoms with Gasteiger partial charge in [-0.3, -0.25) is 4.79 Å². The molecule has 0 bridgehead atoms. The number of carbonyl (C=O) groups is 1. The van der Waals surface area contributed by atoms with Crippen LogP contribution in [0.2, 0.25) is 5.02 Å². The van der Waals surface area contributed by atoms with E-state index in [9.17, 15) is 4.79 Å². The molecule has 1 unspecified atom stereocenters. The van der Waals surface area contributed by atoms with E-state index in [1.165, 1.54) is 0 Å². The van der Waals surface area contributed by atoms with Crippen LogP contribution >= 0.6 is 11.6 Å². The molecule has 0 radical (unpaired) electrons. The minimum absolute atomic E-state index is 0.0617. The van der Waals surface area contributed by atoms with Crippen molar-refractivity contribution in [1.29, 1.82) is 0 Å². The Bertz CT molecular complexity index is 292. The first-order valence-electron chi connectivity index (χ1n) is 4.14. The van der Waals surface area contributed by atoms with Crippen LogP contribution in [0.3, 0.4) is 0 Å². The van der Waals surface area contributed by atoms with Crippen molar-refractivity contribution in [2.75, 3.05) is 0 Å². The average molecular weight is 198 g/mol. The number of ketones is 1. The Kier molecular flexibility index (Phi) is 3.46. The van der Waals surface area contributed by atoms with Crippen LogP contribution in [0.4, 0.5) is 0 Å². The second-order valence-electron chi connectivity index (χ2n) is 3.11. The fraction of sp³-hybridized carbons (Fsp3) is 0.300. The van der Waals surface area contributed by atoms with Crippen molar-refractivity contribution in [2.24, 2.45) is 5.73 Å². The monoisotopic (exact) mass is 197 g/mol. The number of rotatable bonds is 3. The van der Waals surface area contributed by atoms with Gasteiger partial charge in [0.25, 0.3) is 0 Å². The minimum atomic E-state index is -0.0943. The van der Waals surface area contributed by atoms with E-state index in [0.717, 1.165) is 0 Å². The molecule has 1 aromatic carbocycles. The SMILES string of the molecule is CC(N)CC(=O)c1ccc(Cl)cc1. The molecule has 0 heterocycles. The molecule has 0 saturated heterocycles. The lowest BCUT2D eigenvalue weighted by Crippen LogP contribution is -2.19. The van der Waals surface area contributed by atoms with Crippen LogP contribution in [0.15, 0.2) is 24.3 Å². The van der Waals surface area contributed by atoms with Crippen LogP contribution in [0.5, 0.6) is 0 Å². The number of carbonyl (C=O) groups excluding carboxylic acids is 1. The van der Waals surface area contributed by atoms with Gasteiger partial charge in [-0.05, 0) is 31.2 Å². The fourth-order valence-electron chi connectivity index (χ4n) is 1.05. The first-order chi connectivity index (χ1) is 6.09. The van der Waals surface area contributed by atoms with Crippen molar-refractivity contribution in [2.45, 2.75) is 19.4 Å². The van der Waals surface area contributed by atoms with Crippen molar-refractivity contribution in [3.8, 4) is 0 Å². The van der Waals surface area contributed by atoms with Crippen molar-refractivity contribution in [1.82, 2.24) is 0 Å². The molecule has 0 fully saturated rings. The summed E-state index contributed by atoms with van der Waals surface area (Å²) in [5, 5.41) is 0.636. The van der Waals surface area contributed by atoms with Gasteiger partial charge in [0.05, 0.1) is 0 Å². The van der Waals surface area contributed by atoms with Crippen LogP contribution in [-0.4, -0.2) is 11.8 Å². The largest absolute Gasteiger partial charge is 0.328 e. The molecule has 2 N–H and O–H groups in total. The summed E-state index contributed by atoms with van der Waals surface area (Å²) in [5.41, 5.74) is 6.18. The van der Waals surface area contributed by atoms with E-state index < -0.39 is 0 Å². The van der Waals surface area contributed by atoms with Gasteiger partial charge >= 0.3 is 0 Å². The maximum Gasteiger partial charge on any atom is 0.164 e. The third-order valence-electron chi connectivity index (χ3n) is 1.67. The third-order valence-corrected chi connectivity index (χ3v) is 1.93. The zero-order valence-corrected chi connectivity index (χ0v) is 8.21. The lowest BCUT2D eigenvalue weighted by atomic mass is 10.1. The third kappa shape index (κ3) is 3.17. The first-order valence-corrected chi connectivity index (χ1v) is 4.51. The Hall–Kier alpha value is -0.860. The van der Waals surface area contributed by atoms with Crippen molar-refractivity contribution < 1.29 is 4.79 Å². The van der Waals surface area contributed by atoms with Crippen LogP contribution in [-0.2, 0) is 0 Å². The molecule has 0 aliphatic rings. The van der Waals surface area contributed by atoms with Gasteiger partial charge in [-0.2, -0.15) is 0 Å². The maximum absolute atomic E-state index is 11.4. The second kappa shape index (κ2) is 4.40. The summed E-state index contributed by atoms with van der Waals surface area (Å²) in [7, 11) is 0. The fourth-order valence-corrected chi connectivity index (χ4v) is 1.17. The smallest absolute Gasteiger partial charge is 0.164 e. The highest BCUT2D eigenvalue weighted by Gasteiger charge is 2.07. The van der Waals surface area contributed by atoms with Gasteiger partial charge in [0.15, 0.2) is 5.78 Å². The average Bonchev–Trinajstić information content (AvgIpc) is 2.04. The van der Waals surface area contributed by atoms with Gasteiger partial charge in [0.2, 0.25) is 0 Å². The number of halogens is 1. The second-order valence-corrected chi connectivity index (χ2v) is 3.55. The van der Waals surface area contributed by atoms with Gasteiger partial charge in [-0.25, -0.2) is 0 Å². The van der Waals surface area contributed by atoms with Gasteiger partial charge in [-0.15, -0.1) is 0 Å². The van der Waals surface area contributed by atoms with Crippen LogP contribution in [0.1, 0.15) is 23.7 Å². The Morgan fingerprint density at radius 1 is 1.46 bits per heavy atom. The molecule has 2 nitrogen and oxygen atoms in total. The molecule has 1 aromatic rings. The molecule has 1 rings (SSSR count). The molecule has 1 atom stereocenters. The number of Topliss-reactive ketones (excluding diaryl/α,β-unsaturated/α-hetero) is 1. The highest BCUT2D eigenvalue weighted by molar-refractivity contribution is 6.30. The highest BCUT2D eigenvalue weighted by Crippen LogP contribution is 2.11. The summed E-state index contributed by atoms with van der Waals surface area (Å²) in [6, 6.07) is 6.75. The molecular weight excluding hydrogens is 186 g/mol. The van der Waals surface area contributed by atoms with Gasteiger partial charge < -0.3 is 5.73 Å². The van der Waals surface area contributed by atoms with E-state index in [4.69, 9.17) is 17.3 Å². The Morgan fingerprint density at radius 3 is 2.46 bits per heavy atom. The van der Waals surface area contributed by atoms with Gasteiger partial charge in [0.1, 0.15) is 0 Å². The standard InChI is InChI=1S/C10H12ClNO/c1-7(12)6-10(13)8-2-4-9(11)5-3-8/h2-5,7H,6,12H2,1H3. The number of nitrogens with two attached hydrogens (primary N) is 1. The van der Waals surface area contributed by atoms with E-state index in [1.807, 2.05) is 6.92 Å². The Morgan fingerprint density at radius 2 is 2.00 bits per heavy atom. The summed E-state index contributed by atoms with van der Waals surface area (Å²) in [6.45, 7) is 1.81. The number of hydrogen-bond donors (Lipinski definition) is 1. The molecule has 70 valence electrons. The van der Waals surface area contributed by atoms with Gasteiger partial charge in [-0.1, -0.05) is 11.6 Å². The highest BCUT2D eigenvalue weighted by atomic mass is 35.5. The van der Waals surface area contributed by atoms with Crippen molar-refractivity contribution in [3.63, 3.8) is 0 Å². The van der Waals surface area contributed by atoms with Crippen LogP contribution in [0, 0.1) is 0 Å². The molecule has 0 saturated carbocycles. The zero-order chi connectivity index (χ0) is 9.84. The molecule has 0 amide bonds. The number of benzene rings is 1. The van der Waals surface area contributed by atoms with Crippen LogP contribution < -0.4 is 5.73 Å². The van der Waals surface area contributed by atoms with Gasteiger partial charge in [0, 0.05) is 23.0 Å². The molecule has 3 heteroatoms. The summed E-state index contributed by atoms with van der Waals surface area (Å²) in [5.74, 6) is 0.0617. The minimum Gasteiger partial charge on any atom is -0.328 e. The summed E-state index contributed by atoms with van der Waals surface area (Å²) in [6.07, 6.45) is 0.377. The zero-order valence-electron chi connectivity index (χ0n) is 7.46. The van der Waals surface area contributed by atoms with Crippen molar-refractivity contribution >= 4 is 17.4 Å². The first kappa shape index (κ1) is 10.2. The predicted molar refractivity (Wildman–Crippen MR) is 54.0 cm³/mol. The summed E-state index contributed by atoms with van der Waals surface area (Å²) >= 11 is 5.69. The molecule has 0 spiro atoms. The maximum atomic E-state index is 11.4. The number of hydrogen-bond acceptors (Lipinski definition) is 2. The Balaban J connectivity index is 2.72. The molecule has 0 aliphatic heterocycles. The summed E-state index contributed by atoms with van der Waals surface area (Å²) in [4.78, 5) is 11.4.